The van der Waals surface area contributed by atoms with Gasteiger partial charge in [0.25, 0.3) is 0 Å². The molecule has 0 radical (unpaired) electrons. The van der Waals surface area contributed by atoms with Crippen molar-refractivity contribution in [2.45, 2.75) is 0 Å². The summed E-state index contributed by atoms with van der Waals surface area (Å²) < 4.78 is 1.80. The Bertz CT molecular complexity index is 534. The molecule has 2 rings (SSSR count). The predicted molar refractivity (Wildman–Crippen MR) is 74.0 cm³/mol. The van der Waals surface area contributed by atoms with Crippen LogP contribution in [0.25, 0.3) is 0 Å². The molecule has 0 saturated carbocycles. The normalized spacial score (nSPS) is 11.5. The third-order valence-corrected chi connectivity index (χ3v) is 3.00. The fraction of sp³-hybridized carbons (Fsp3) is 0. The van der Waals surface area contributed by atoms with Gasteiger partial charge in [0.05, 0.1) is 0 Å². The van der Waals surface area contributed by atoms with Crippen LogP contribution in [-0.2, 0) is 0 Å². The van der Waals surface area contributed by atoms with Crippen molar-refractivity contribution < 1.29 is 4.74 Å². The number of rotatable bonds is 2. The van der Waals surface area contributed by atoms with Gasteiger partial charge in [-0.15, -0.1) is 0 Å². The van der Waals surface area contributed by atoms with E-state index in [0.717, 1.165) is 14.8 Å². The van der Waals surface area contributed by atoms with Gasteiger partial charge in [-0.3, -0.25) is 0 Å². The van der Waals surface area contributed by atoms with E-state index in [9.17, 15) is 5.21 Å². The largest absolute Gasteiger partial charge is 0.618 e. The summed E-state index contributed by atoms with van der Waals surface area (Å²) in [5.74, 6) is 0. The second-order valence-corrected chi connectivity index (χ2v) is 4.83. The van der Waals surface area contributed by atoms with E-state index in [4.69, 9.17) is 11.6 Å². The maximum absolute atomic E-state index is 11.8. The van der Waals surface area contributed by atoms with E-state index < -0.39 is 0 Å². The topological polar surface area (TPSA) is 26.1 Å². The molecule has 0 saturated heterocycles. The van der Waals surface area contributed by atoms with Crippen LogP contribution in [0.1, 0.15) is 5.56 Å². The van der Waals surface area contributed by atoms with Crippen LogP contribution >= 0.6 is 27.5 Å². The highest BCUT2D eigenvalue weighted by Gasteiger charge is 2.01. The fourth-order valence-electron chi connectivity index (χ4n) is 1.35. The molecule has 0 aliphatic carbocycles. The first-order valence-electron chi connectivity index (χ1n) is 4.97. The van der Waals surface area contributed by atoms with E-state index >= 15 is 0 Å². The molecule has 17 heavy (non-hydrogen) atoms. The minimum atomic E-state index is 0.553. The average molecular weight is 311 g/mol. The highest BCUT2D eigenvalue weighted by molar-refractivity contribution is 9.10. The fourth-order valence-corrected chi connectivity index (χ4v) is 1.74. The molecule has 2 nitrogen and oxygen atoms in total. The Labute approximate surface area is 113 Å². The van der Waals surface area contributed by atoms with E-state index in [1.165, 1.54) is 6.21 Å². The summed E-state index contributed by atoms with van der Waals surface area (Å²) in [5, 5.41) is 12.4. The van der Waals surface area contributed by atoms with Crippen molar-refractivity contribution in [2.75, 3.05) is 0 Å². The van der Waals surface area contributed by atoms with Crippen molar-refractivity contribution in [3.63, 3.8) is 0 Å². The van der Waals surface area contributed by atoms with Gasteiger partial charge < -0.3 is 5.21 Å². The van der Waals surface area contributed by atoms with Gasteiger partial charge in [0.1, 0.15) is 0 Å². The molecular weight excluding hydrogens is 302 g/mol. The smallest absolute Gasteiger partial charge is 0.216 e. The Hall–Kier alpha value is -1.32. The van der Waals surface area contributed by atoms with E-state index in [0.29, 0.717) is 10.7 Å². The molecule has 0 fully saturated rings. The number of hydrogen-bond donors (Lipinski definition) is 0. The van der Waals surface area contributed by atoms with Crippen molar-refractivity contribution >= 4 is 39.4 Å². The lowest BCUT2D eigenvalue weighted by Gasteiger charge is -2.02. The van der Waals surface area contributed by atoms with Gasteiger partial charge in [-0.1, -0.05) is 27.5 Å². The Kier molecular flexibility index (Phi) is 3.82. The second-order valence-electron chi connectivity index (χ2n) is 3.48. The first kappa shape index (κ1) is 12.1. The summed E-state index contributed by atoms with van der Waals surface area (Å²) in [4.78, 5) is 0. The van der Waals surface area contributed by atoms with Gasteiger partial charge in [-0.2, -0.15) is 4.74 Å². The lowest BCUT2D eigenvalue weighted by Crippen LogP contribution is -1.98. The molecule has 0 bridgehead atoms. The van der Waals surface area contributed by atoms with Crippen LogP contribution < -0.4 is 0 Å². The van der Waals surface area contributed by atoms with Crippen molar-refractivity contribution in [1.29, 1.82) is 0 Å². The molecule has 0 amide bonds. The second kappa shape index (κ2) is 5.34. The SMILES string of the molecule is [O-]/[N+](=C\c1ccc(Br)cc1)c1ccc(Cl)cc1. The van der Waals surface area contributed by atoms with Gasteiger partial charge in [0.15, 0.2) is 6.21 Å². The monoisotopic (exact) mass is 309 g/mol. The molecule has 0 N–H and O–H groups in total. The van der Waals surface area contributed by atoms with Gasteiger partial charge in [-0.05, 0) is 36.4 Å². The average Bonchev–Trinajstić information content (AvgIpc) is 2.33. The minimum absolute atomic E-state index is 0.553. The van der Waals surface area contributed by atoms with Gasteiger partial charge in [0.2, 0.25) is 5.69 Å². The van der Waals surface area contributed by atoms with Gasteiger partial charge in [-0.25, -0.2) is 0 Å². The Morgan fingerprint density at radius 3 is 2.18 bits per heavy atom. The van der Waals surface area contributed by atoms with Crippen molar-refractivity contribution in [3.05, 3.63) is 68.8 Å². The van der Waals surface area contributed by atoms with Gasteiger partial charge in [0, 0.05) is 27.2 Å². The van der Waals surface area contributed by atoms with Crippen LogP contribution in [0.5, 0.6) is 0 Å². The molecule has 2 aromatic rings. The summed E-state index contributed by atoms with van der Waals surface area (Å²) in [6, 6.07) is 14.3. The first-order valence-corrected chi connectivity index (χ1v) is 6.14. The lowest BCUT2D eigenvalue weighted by atomic mass is 10.2. The zero-order chi connectivity index (χ0) is 12.3. The van der Waals surface area contributed by atoms with Crippen LogP contribution in [-0.4, -0.2) is 11.0 Å². The molecule has 0 aromatic heterocycles. The van der Waals surface area contributed by atoms with Gasteiger partial charge >= 0.3 is 0 Å². The predicted octanol–water partition coefficient (Wildman–Crippen LogP) is 4.36. The molecule has 0 atom stereocenters. The third kappa shape index (κ3) is 3.32. The van der Waals surface area contributed by atoms with E-state index in [1.807, 2.05) is 24.3 Å². The van der Waals surface area contributed by atoms with Crippen LogP contribution in [0.4, 0.5) is 5.69 Å². The van der Waals surface area contributed by atoms with Crippen LogP contribution in [0.3, 0.4) is 0 Å². The van der Waals surface area contributed by atoms with E-state index in [-0.39, 0.29) is 0 Å². The minimum Gasteiger partial charge on any atom is -0.618 e. The molecule has 86 valence electrons. The van der Waals surface area contributed by atoms with Crippen molar-refractivity contribution in [3.8, 4) is 0 Å². The summed E-state index contributed by atoms with van der Waals surface area (Å²) >= 11 is 9.10. The number of benzene rings is 2. The van der Waals surface area contributed by atoms with Crippen molar-refractivity contribution in [2.24, 2.45) is 0 Å². The lowest BCUT2D eigenvalue weighted by molar-refractivity contribution is -0.354. The molecule has 0 heterocycles. The standard InChI is InChI=1S/C13H9BrClNO/c14-11-3-1-10(2-4-11)9-16(17)13-7-5-12(15)6-8-13/h1-9H/b16-9-. The zero-order valence-corrected chi connectivity index (χ0v) is 11.1. The molecule has 0 aliphatic heterocycles. The quantitative estimate of drug-likeness (QED) is 0.350. The zero-order valence-electron chi connectivity index (χ0n) is 8.81. The third-order valence-electron chi connectivity index (χ3n) is 2.22. The van der Waals surface area contributed by atoms with Crippen LogP contribution in [0.2, 0.25) is 5.02 Å². The number of hydrogen-bond acceptors (Lipinski definition) is 1. The summed E-state index contributed by atoms with van der Waals surface area (Å²) in [7, 11) is 0. The number of nitrogens with zero attached hydrogens (tertiary/aromatic N) is 1. The Balaban J connectivity index is 2.27. The van der Waals surface area contributed by atoms with Crippen LogP contribution in [0.15, 0.2) is 53.0 Å². The van der Waals surface area contributed by atoms with Crippen LogP contribution in [0, 0.1) is 5.21 Å². The summed E-state index contributed by atoms with van der Waals surface area (Å²) in [6.45, 7) is 0. The Morgan fingerprint density at radius 2 is 1.59 bits per heavy atom. The van der Waals surface area contributed by atoms with Crippen molar-refractivity contribution in [1.82, 2.24) is 0 Å². The highest BCUT2D eigenvalue weighted by atomic mass is 79.9. The molecule has 0 aliphatic rings. The molecule has 2 aromatic carbocycles. The number of halogens is 2. The van der Waals surface area contributed by atoms with E-state index in [2.05, 4.69) is 15.9 Å². The first-order chi connectivity index (χ1) is 8.15. The maximum atomic E-state index is 11.8. The summed E-state index contributed by atoms with van der Waals surface area (Å²) in [5.41, 5.74) is 1.40. The molecular formula is C13H9BrClNO. The summed E-state index contributed by atoms with van der Waals surface area (Å²) in [6.07, 6.45) is 1.52. The molecule has 4 heteroatoms. The Morgan fingerprint density at radius 1 is 1.00 bits per heavy atom. The molecule has 0 spiro atoms. The highest BCUT2D eigenvalue weighted by Crippen LogP contribution is 2.16. The molecule has 0 unspecified atom stereocenters. The van der Waals surface area contributed by atoms with E-state index in [1.54, 1.807) is 24.3 Å². The maximum Gasteiger partial charge on any atom is 0.216 e.